The normalized spacial score (nSPS) is 11.9. The predicted molar refractivity (Wildman–Crippen MR) is 64.0 cm³/mol. The van der Waals surface area contributed by atoms with E-state index < -0.39 is 17.4 Å². The van der Waals surface area contributed by atoms with Gasteiger partial charge in [0.25, 0.3) is 5.56 Å². The molecule has 8 heteroatoms. The quantitative estimate of drug-likeness (QED) is 0.742. The van der Waals surface area contributed by atoms with Crippen molar-refractivity contribution in [3.8, 4) is 11.1 Å². The van der Waals surface area contributed by atoms with Crippen LogP contribution in [0.5, 0.6) is 0 Å². The Kier molecular flexibility index (Phi) is 2.60. The van der Waals surface area contributed by atoms with Gasteiger partial charge in [-0.2, -0.15) is 13.2 Å². The van der Waals surface area contributed by atoms with Gasteiger partial charge >= 0.3 is 6.18 Å². The fourth-order valence-corrected chi connectivity index (χ4v) is 1.86. The highest BCUT2D eigenvalue weighted by molar-refractivity contribution is 5.76. The molecule has 0 amide bonds. The molecule has 0 saturated heterocycles. The molecule has 5 nitrogen and oxygen atoms in total. The largest absolute Gasteiger partial charge is 0.433 e. The molecule has 20 heavy (non-hydrogen) atoms. The zero-order valence-corrected chi connectivity index (χ0v) is 9.85. The summed E-state index contributed by atoms with van der Waals surface area (Å²) in [5.41, 5.74) is -1.18. The zero-order chi connectivity index (χ0) is 14.3. The van der Waals surface area contributed by atoms with Crippen LogP contribution in [0.1, 0.15) is 5.69 Å². The molecule has 3 rings (SSSR count). The maximum atomic E-state index is 12.7. The Labute approximate surface area is 109 Å². The minimum Gasteiger partial charge on any atom is -0.296 e. The van der Waals surface area contributed by atoms with Gasteiger partial charge in [0.1, 0.15) is 0 Å². The van der Waals surface area contributed by atoms with Gasteiger partial charge in [0.05, 0.1) is 0 Å². The number of aromatic nitrogens is 4. The average Bonchev–Trinajstić information content (AvgIpc) is 2.83. The van der Waals surface area contributed by atoms with Crippen molar-refractivity contribution < 1.29 is 13.2 Å². The van der Waals surface area contributed by atoms with Crippen LogP contribution in [0.25, 0.3) is 16.8 Å². The second-order valence-corrected chi connectivity index (χ2v) is 4.07. The van der Waals surface area contributed by atoms with Gasteiger partial charge in [-0.3, -0.25) is 14.9 Å². The van der Waals surface area contributed by atoms with Crippen molar-refractivity contribution in [1.29, 1.82) is 0 Å². The van der Waals surface area contributed by atoms with Crippen molar-refractivity contribution >= 4 is 5.65 Å². The molecule has 0 aliphatic heterocycles. The number of H-pyrrole nitrogens is 1. The third kappa shape index (κ3) is 1.94. The molecule has 0 radical (unpaired) electrons. The molecule has 102 valence electrons. The van der Waals surface area contributed by atoms with Gasteiger partial charge in [0.15, 0.2) is 11.3 Å². The zero-order valence-electron chi connectivity index (χ0n) is 9.85. The monoisotopic (exact) mass is 280 g/mol. The van der Waals surface area contributed by atoms with E-state index >= 15 is 0 Å². The van der Waals surface area contributed by atoms with E-state index in [2.05, 4.69) is 15.1 Å². The highest BCUT2D eigenvalue weighted by atomic mass is 19.4. The number of hydrogen-bond acceptors (Lipinski definition) is 3. The third-order valence-corrected chi connectivity index (χ3v) is 2.76. The van der Waals surface area contributed by atoms with Crippen LogP contribution in [0.4, 0.5) is 13.2 Å². The van der Waals surface area contributed by atoms with Gasteiger partial charge in [-0.25, -0.2) is 9.50 Å². The summed E-state index contributed by atoms with van der Waals surface area (Å²) in [6.45, 7) is 0. The predicted octanol–water partition coefficient (Wildman–Crippen LogP) is 2.10. The van der Waals surface area contributed by atoms with Crippen molar-refractivity contribution in [2.45, 2.75) is 6.18 Å². The molecule has 3 aromatic rings. The second-order valence-electron chi connectivity index (χ2n) is 4.07. The maximum Gasteiger partial charge on any atom is 0.433 e. The van der Waals surface area contributed by atoms with E-state index in [1.807, 2.05) is 0 Å². The first-order valence-corrected chi connectivity index (χ1v) is 5.55. The average molecular weight is 280 g/mol. The molecule has 0 fully saturated rings. The van der Waals surface area contributed by atoms with E-state index in [4.69, 9.17) is 0 Å². The number of aromatic amines is 1. The molecule has 0 aliphatic rings. The van der Waals surface area contributed by atoms with Crippen LogP contribution < -0.4 is 5.56 Å². The number of halogens is 3. The van der Waals surface area contributed by atoms with Gasteiger partial charge < -0.3 is 0 Å². The first kappa shape index (κ1) is 12.4. The Hall–Kier alpha value is -2.64. The molecule has 3 heterocycles. The van der Waals surface area contributed by atoms with Crippen LogP contribution in [0, 0.1) is 0 Å². The van der Waals surface area contributed by atoms with Crippen LogP contribution in [0.2, 0.25) is 0 Å². The summed E-state index contributed by atoms with van der Waals surface area (Å²) in [5.74, 6) is 0. The first-order chi connectivity index (χ1) is 9.47. The van der Waals surface area contributed by atoms with E-state index in [0.717, 1.165) is 4.52 Å². The summed E-state index contributed by atoms with van der Waals surface area (Å²) in [6.07, 6.45) is -0.229. The van der Waals surface area contributed by atoms with Crippen LogP contribution in [0.15, 0.2) is 41.6 Å². The molecule has 0 aliphatic carbocycles. The Morgan fingerprint density at radius 1 is 1.30 bits per heavy atom. The number of hydrogen-bond donors (Lipinski definition) is 1. The molecule has 0 saturated carbocycles. The van der Waals surface area contributed by atoms with Gasteiger partial charge in [0.2, 0.25) is 0 Å². The number of rotatable bonds is 1. The first-order valence-electron chi connectivity index (χ1n) is 5.55. The second kappa shape index (κ2) is 4.19. The lowest BCUT2D eigenvalue weighted by Gasteiger charge is -2.05. The molecule has 0 bridgehead atoms. The fourth-order valence-electron chi connectivity index (χ4n) is 1.86. The van der Waals surface area contributed by atoms with E-state index in [1.54, 1.807) is 18.3 Å². The van der Waals surface area contributed by atoms with Crippen LogP contribution in [-0.4, -0.2) is 19.6 Å². The van der Waals surface area contributed by atoms with Crippen LogP contribution in [0.3, 0.4) is 0 Å². The number of fused-ring (bicyclic) bond motifs is 1. The summed E-state index contributed by atoms with van der Waals surface area (Å²) >= 11 is 0. The number of pyridine rings is 1. The molecular weight excluding hydrogens is 273 g/mol. The van der Waals surface area contributed by atoms with Crippen molar-refractivity contribution in [2.24, 2.45) is 0 Å². The Morgan fingerprint density at radius 2 is 2.10 bits per heavy atom. The lowest BCUT2D eigenvalue weighted by molar-refractivity contribution is -0.141. The summed E-state index contributed by atoms with van der Waals surface area (Å²) in [4.78, 5) is 19.1. The molecule has 3 aromatic heterocycles. The fraction of sp³-hybridized carbons (Fsp3) is 0.0833. The SMILES string of the molecule is O=c1cc(C(F)(F)F)nc2c(-c3cccnc3)c[nH]n12. The summed E-state index contributed by atoms with van der Waals surface area (Å²) in [6, 6.07) is 3.77. The number of alkyl halides is 3. The van der Waals surface area contributed by atoms with Gasteiger partial charge in [-0.15, -0.1) is 0 Å². The number of nitrogens with zero attached hydrogens (tertiary/aromatic N) is 3. The van der Waals surface area contributed by atoms with Gasteiger partial charge in [0, 0.05) is 35.8 Å². The molecule has 0 spiro atoms. The van der Waals surface area contributed by atoms with Crippen molar-refractivity contribution in [1.82, 2.24) is 19.6 Å². The lowest BCUT2D eigenvalue weighted by atomic mass is 10.1. The highest BCUT2D eigenvalue weighted by Gasteiger charge is 2.34. The highest BCUT2D eigenvalue weighted by Crippen LogP contribution is 2.28. The molecule has 0 unspecified atom stereocenters. The van der Waals surface area contributed by atoms with Crippen LogP contribution >= 0.6 is 0 Å². The van der Waals surface area contributed by atoms with E-state index in [-0.39, 0.29) is 5.65 Å². The van der Waals surface area contributed by atoms with Gasteiger partial charge in [-0.1, -0.05) is 6.07 Å². The van der Waals surface area contributed by atoms with E-state index in [9.17, 15) is 18.0 Å². The minimum atomic E-state index is -4.67. The minimum absolute atomic E-state index is 0.0853. The Balaban J connectivity index is 2.31. The van der Waals surface area contributed by atoms with E-state index in [1.165, 1.54) is 12.4 Å². The molecule has 1 N–H and O–H groups in total. The molecule has 0 atom stereocenters. The van der Waals surface area contributed by atoms with Crippen molar-refractivity contribution in [3.05, 3.63) is 52.8 Å². The Bertz CT molecular complexity index is 820. The van der Waals surface area contributed by atoms with E-state index in [0.29, 0.717) is 17.2 Å². The standard InChI is InChI=1S/C12H7F3N4O/c13-12(14,15)9-4-10(20)19-11(18-9)8(6-17-19)7-2-1-3-16-5-7/h1-6,17H. The molecule has 0 aromatic carbocycles. The topological polar surface area (TPSA) is 63.0 Å². The summed E-state index contributed by atoms with van der Waals surface area (Å²) < 4.78 is 39.1. The summed E-state index contributed by atoms with van der Waals surface area (Å²) in [5, 5.41) is 2.58. The Morgan fingerprint density at radius 3 is 2.75 bits per heavy atom. The third-order valence-electron chi connectivity index (χ3n) is 2.76. The van der Waals surface area contributed by atoms with Gasteiger partial charge in [-0.05, 0) is 6.07 Å². The maximum absolute atomic E-state index is 12.7. The lowest BCUT2D eigenvalue weighted by Crippen LogP contribution is -2.19. The number of nitrogens with one attached hydrogen (secondary N) is 1. The summed E-state index contributed by atoms with van der Waals surface area (Å²) in [7, 11) is 0. The smallest absolute Gasteiger partial charge is 0.296 e. The van der Waals surface area contributed by atoms with Crippen molar-refractivity contribution in [2.75, 3.05) is 0 Å². The molecular formula is C12H7F3N4O. The van der Waals surface area contributed by atoms with Crippen molar-refractivity contribution in [3.63, 3.8) is 0 Å². The van der Waals surface area contributed by atoms with Crippen LogP contribution in [-0.2, 0) is 6.18 Å².